The number of likely N-dealkylation sites (N-methyl/N-ethyl adjacent to an activating group) is 1. The van der Waals surface area contributed by atoms with Crippen molar-refractivity contribution in [3.63, 3.8) is 0 Å². The van der Waals surface area contributed by atoms with Crippen LogP contribution in [0.25, 0.3) is 16.8 Å². The molecule has 0 aliphatic heterocycles. The van der Waals surface area contributed by atoms with Crippen molar-refractivity contribution in [2.45, 2.75) is 6.42 Å². The second-order valence-corrected chi connectivity index (χ2v) is 7.52. The average molecular weight is 419 g/mol. The summed E-state index contributed by atoms with van der Waals surface area (Å²) < 4.78 is 7.16. The molecule has 8 heteroatoms. The molecule has 0 spiro atoms. The van der Waals surface area contributed by atoms with Crippen LogP contribution in [0.3, 0.4) is 0 Å². The lowest BCUT2D eigenvalue weighted by molar-refractivity contribution is 0.0951. The summed E-state index contributed by atoms with van der Waals surface area (Å²) in [5.74, 6) is 1.72. The molecule has 8 nitrogen and oxygen atoms in total. The molecule has 1 aromatic carbocycles. The zero-order chi connectivity index (χ0) is 21.6. The Bertz CT molecular complexity index is 1130. The van der Waals surface area contributed by atoms with E-state index in [-0.39, 0.29) is 5.91 Å². The van der Waals surface area contributed by atoms with Crippen LogP contribution in [-0.2, 0) is 6.42 Å². The maximum atomic E-state index is 12.3. The van der Waals surface area contributed by atoms with E-state index in [1.807, 2.05) is 61.5 Å². The van der Waals surface area contributed by atoms with Gasteiger partial charge in [-0.1, -0.05) is 12.1 Å². The van der Waals surface area contributed by atoms with Crippen LogP contribution in [0, 0.1) is 0 Å². The van der Waals surface area contributed by atoms with Gasteiger partial charge in [0.2, 0.25) is 0 Å². The fourth-order valence-electron chi connectivity index (χ4n) is 3.29. The smallest absolute Gasteiger partial charge is 0.251 e. The van der Waals surface area contributed by atoms with Gasteiger partial charge in [0.15, 0.2) is 5.65 Å². The van der Waals surface area contributed by atoms with E-state index in [4.69, 9.17) is 4.42 Å². The molecule has 0 radical (unpaired) electrons. The second kappa shape index (κ2) is 9.44. The highest BCUT2D eigenvalue weighted by Crippen LogP contribution is 2.25. The van der Waals surface area contributed by atoms with E-state index in [0.29, 0.717) is 12.1 Å². The quantitative estimate of drug-likeness (QED) is 0.435. The third-order valence-electron chi connectivity index (χ3n) is 4.96. The van der Waals surface area contributed by atoms with Gasteiger partial charge in [-0.25, -0.2) is 4.98 Å². The number of carbonyl (C=O) groups excluding carboxylic acids is 1. The van der Waals surface area contributed by atoms with E-state index in [0.717, 1.165) is 47.9 Å². The Kier molecular flexibility index (Phi) is 6.28. The van der Waals surface area contributed by atoms with Crippen molar-refractivity contribution >= 4 is 17.4 Å². The SMILES string of the molecule is CN(C)CCNC(=O)c1ccc(-c2cnn3c(NCCc4ccco4)ccnc23)cc1. The van der Waals surface area contributed by atoms with Gasteiger partial charge in [0.1, 0.15) is 11.6 Å². The summed E-state index contributed by atoms with van der Waals surface area (Å²) >= 11 is 0. The molecule has 0 fully saturated rings. The van der Waals surface area contributed by atoms with Crippen LogP contribution in [0.5, 0.6) is 0 Å². The monoisotopic (exact) mass is 418 g/mol. The zero-order valence-electron chi connectivity index (χ0n) is 17.7. The molecule has 0 atom stereocenters. The number of benzene rings is 1. The van der Waals surface area contributed by atoms with Crippen LogP contribution in [-0.4, -0.2) is 59.1 Å². The molecule has 4 rings (SSSR count). The van der Waals surface area contributed by atoms with E-state index in [1.54, 1.807) is 23.2 Å². The van der Waals surface area contributed by atoms with Crippen LogP contribution < -0.4 is 10.6 Å². The third kappa shape index (κ3) is 4.92. The lowest BCUT2D eigenvalue weighted by Crippen LogP contribution is -2.31. The van der Waals surface area contributed by atoms with Crippen LogP contribution in [0.2, 0.25) is 0 Å². The maximum absolute atomic E-state index is 12.3. The predicted octanol–water partition coefficient (Wildman–Crippen LogP) is 2.94. The summed E-state index contributed by atoms with van der Waals surface area (Å²) in [6, 6.07) is 13.3. The van der Waals surface area contributed by atoms with Gasteiger partial charge in [-0.3, -0.25) is 4.79 Å². The Morgan fingerprint density at radius 1 is 1.13 bits per heavy atom. The molecule has 2 N–H and O–H groups in total. The van der Waals surface area contributed by atoms with Gasteiger partial charge in [0.05, 0.1) is 12.5 Å². The molecule has 3 aromatic heterocycles. The maximum Gasteiger partial charge on any atom is 0.251 e. The largest absolute Gasteiger partial charge is 0.469 e. The number of nitrogens with zero attached hydrogens (tertiary/aromatic N) is 4. The lowest BCUT2D eigenvalue weighted by Gasteiger charge is -2.10. The molecular weight excluding hydrogens is 392 g/mol. The molecule has 31 heavy (non-hydrogen) atoms. The number of fused-ring (bicyclic) bond motifs is 1. The predicted molar refractivity (Wildman–Crippen MR) is 120 cm³/mol. The van der Waals surface area contributed by atoms with Crippen molar-refractivity contribution in [3.8, 4) is 11.1 Å². The summed E-state index contributed by atoms with van der Waals surface area (Å²) in [6.45, 7) is 2.14. The van der Waals surface area contributed by atoms with Crippen molar-refractivity contribution in [1.82, 2.24) is 24.8 Å². The van der Waals surface area contributed by atoms with Crippen molar-refractivity contribution in [3.05, 3.63) is 72.4 Å². The molecule has 1 amide bonds. The van der Waals surface area contributed by atoms with Gasteiger partial charge >= 0.3 is 0 Å². The van der Waals surface area contributed by atoms with Crippen LogP contribution in [0.1, 0.15) is 16.1 Å². The number of furan rings is 1. The van der Waals surface area contributed by atoms with Gasteiger partial charge in [0.25, 0.3) is 5.91 Å². The fraction of sp³-hybridized carbons (Fsp3) is 0.261. The fourth-order valence-corrected chi connectivity index (χ4v) is 3.29. The first kappa shape index (κ1) is 20.6. The number of aromatic nitrogens is 3. The number of rotatable bonds is 9. The second-order valence-electron chi connectivity index (χ2n) is 7.52. The normalized spacial score (nSPS) is 11.2. The first-order chi connectivity index (χ1) is 15.1. The number of hydrogen-bond acceptors (Lipinski definition) is 6. The molecule has 0 bridgehead atoms. The minimum Gasteiger partial charge on any atom is -0.469 e. The molecule has 0 saturated heterocycles. The van der Waals surface area contributed by atoms with E-state index >= 15 is 0 Å². The van der Waals surface area contributed by atoms with E-state index in [9.17, 15) is 4.79 Å². The lowest BCUT2D eigenvalue weighted by atomic mass is 10.1. The number of hydrogen-bond donors (Lipinski definition) is 2. The Labute approximate surface area is 180 Å². The summed E-state index contributed by atoms with van der Waals surface area (Å²) in [5, 5.41) is 10.8. The number of amides is 1. The number of nitrogens with one attached hydrogen (secondary N) is 2. The van der Waals surface area contributed by atoms with Gasteiger partial charge in [-0.2, -0.15) is 9.61 Å². The number of anilines is 1. The highest BCUT2D eigenvalue weighted by atomic mass is 16.3. The van der Waals surface area contributed by atoms with Gasteiger partial charge in [0, 0.05) is 43.4 Å². The molecule has 0 saturated carbocycles. The molecule has 0 aliphatic rings. The molecule has 0 unspecified atom stereocenters. The minimum absolute atomic E-state index is 0.0746. The van der Waals surface area contributed by atoms with Gasteiger partial charge < -0.3 is 20.0 Å². The van der Waals surface area contributed by atoms with E-state index < -0.39 is 0 Å². The summed E-state index contributed by atoms with van der Waals surface area (Å²) in [4.78, 5) is 18.8. The van der Waals surface area contributed by atoms with Crippen molar-refractivity contribution < 1.29 is 9.21 Å². The van der Waals surface area contributed by atoms with Crippen LogP contribution in [0.4, 0.5) is 5.82 Å². The molecule has 3 heterocycles. The van der Waals surface area contributed by atoms with Crippen LogP contribution in [0.15, 0.2) is 65.5 Å². The van der Waals surface area contributed by atoms with Crippen molar-refractivity contribution in [1.29, 1.82) is 0 Å². The molecular formula is C23H26N6O2. The third-order valence-corrected chi connectivity index (χ3v) is 4.96. The van der Waals surface area contributed by atoms with Crippen molar-refractivity contribution in [2.24, 2.45) is 0 Å². The molecule has 0 aliphatic carbocycles. The van der Waals surface area contributed by atoms with Crippen molar-refractivity contribution in [2.75, 3.05) is 39.0 Å². The summed E-state index contributed by atoms with van der Waals surface area (Å²) in [6.07, 6.45) is 6.02. The number of carbonyl (C=O) groups is 1. The Hall–Kier alpha value is -3.65. The highest BCUT2D eigenvalue weighted by molar-refractivity contribution is 5.95. The Balaban J connectivity index is 1.46. The van der Waals surface area contributed by atoms with E-state index in [2.05, 4.69) is 20.7 Å². The van der Waals surface area contributed by atoms with Gasteiger partial charge in [-0.05, 0) is 50.0 Å². The summed E-state index contributed by atoms with van der Waals surface area (Å²) in [7, 11) is 3.95. The highest BCUT2D eigenvalue weighted by Gasteiger charge is 2.12. The Morgan fingerprint density at radius 2 is 1.97 bits per heavy atom. The Morgan fingerprint density at radius 3 is 2.71 bits per heavy atom. The first-order valence-electron chi connectivity index (χ1n) is 10.2. The van der Waals surface area contributed by atoms with Gasteiger partial charge in [-0.15, -0.1) is 0 Å². The topological polar surface area (TPSA) is 87.7 Å². The minimum atomic E-state index is -0.0746. The zero-order valence-corrected chi connectivity index (χ0v) is 17.7. The molecule has 4 aromatic rings. The molecule has 160 valence electrons. The first-order valence-corrected chi connectivity index (χ1v) is 10.2. The van der Waals surface area contributed by atoms with Crippen LogP contribution >= 0.6 is 0 Å². The standard InChI is InChI=1S/C23H26N6O2/c1-28(2)14-13-26-23(30)18-7-5-17(6-8-18)20-16-27-29-21(10-12-25-22(20)29)24-11-9-19-4-3-15-31-19/h3-8,10,12,15-16,24H,9,11,13-14H2,1-2H3,(H,26,30). The average Bonchev–Trinajstić information content (AvgIpc) is 3.44. The van der Waals surface area contributed by atoms with E-state index in [1.165, 1.54) is 0 Å². The summed E-state index contributed by atoms with van der Waals surface area (Å²) in [5.41, 5.74) is 3.26.